The highest BCUT2D eigenvalue weighted by atomic mass is 32.2. The number of carbonyl (C=O) groups excluding carboxylic acids is 1. The Morgan fingerprint density at radius 1 is 1.03 bits per heavy atom. The van der Waals surface area contributed by atoms with Gasteiger partial charge in [0.15, 0.2) is 0 Å². The van der Waals surface area contributed by atoms with Crippen molar-refractivity contribution >= 4 is 27.3 Å². The van der Waals surface area contributed by atoms with Crippen LogP contribution in [-0.4, -0.2) is 28.0 Å². The van der Waals surface area contributed by atoms with Crippen LogP contribution in [0, 0.1) is 12.7 Å². The maximum Gasteiger partial charge on any atom is 0.268 e. The molecule has 0 saturated carbocycles. The summed E-state index contributed by atoms with van der Waals surface area (Å²) in [7, 11) is -2.79. The topological polar surface area (TPSA) is 75.7 Å². The number of ether oxygens (including phenoxy) is 1. The van der Waals surface area contributed by atoms with Crippen molar-refractivity contribution in [2.24, 2.45) is 0 Å². The molecular formula is C22H21FN2O4S. The van der Waals surface area contributed by atoms with Crippen molar-refractivity contribution in [2.45, 2.75) is 11.8 Å². The number of hydrogen-bond donors (Lipinski definition) is 1. The third-order valence-electron chi connectivity index (χ3n) is 4.37. The molecule has 0 aromatic heterocycles. The van der Waals surface area contributed by atoms with E-state index in [-0.39, 0.29) is 16.3 Å². The molecule has 3 rings (SSSR count). The van der Waals surface area contributed by atoms with Gasteiger partial charge >= 0.3 is 0 Å². The largest absolute Gasteiger partial charge is 0.495 e. The highest BCUT2D eigenvalue weighted by molar-refractivity contribution is 7.93. The minimum Gasteiger partial charge on any atom is -0.495 e. The molecule has 3 aromatic carbocycles. The van der Waals surface area contributed by atoms with E-state index >= 15 is 0 Å². The molecule has 0 heterocycles. The maximum absolute atomic E-state index is 13.9. The molecule has 156 valence electrons. The summed E-state index contributed by atoms with van der Waals surface area (Å²) in [5, 5.41) is 2.42. The number of amides is 1. The molecule has 0 fully saturated rings. The first-order valence-corrected chi connectivity index (χ1v) is 10.5. The number of hydrogen-bond acceptors (Lipinski definition) is 4. The summed E-state index contributed by atoms with van der Waals surface area (Å²) in [6.07, 6.45) is 0. The maximum atomic E-state index is 13.9. The Labute approximate surface area is 175 Å². The Bertz CT molecular complexity index is 1150. The number of anilines is 2. The standard InChI is InChI=1S/C22H21FN2O4S/c1-16-12-13-20(29-2)21(14-16)30(27,28)25(17-8-4-3-5-9-17)15-22(26)24-19-11-7-6-10-18(19)23/h3-14H,15H2,1-2H3,(H,24,26). The minimum atomic E-state index is -4.16. The number of carbonyl (C=O) groups is 1. The van der Waals surface area contributed by atoms with Gasteiger partial charge in [-0.15, -0.1) is 0 Å². The molecule has 0 unspecified atom stereocenters. The van der Waals surface area contributed by atoms with Crippen LogP contribution in [0.25, 0.3) is 0 Å². The van der Waals surface area contributed by atoms with Crippen LogP contribution >= 0.6 is 0 Å². The van der Waals surface area contributed by atoms with E-state index in [0.717, 1.165) is 9.87 Å². The Morgan fingerprint density at radius 3 is 2.37 bits per heavy atom. The summed E-state index contributed by atoms with van der Waals surface area (Å²) < 4.78 is 47.1. The first-order valence-electron chi connectivity index (χ1n) is 9.09. The summed E-state index contributed by atoms with van der Waals surface area (Å²) >= 11 is 0. The van der Waals surface area contributed by atoms with Gasteiger partial charge in [-0.1, -0.05) is 36.4 Å². The van der Waals surface area contributed by atoms with Crippen LogP contribution < -0.4 is 14.4 Å². The van der Waals surface area contributed by atoms with Gasteiger partial charge in [0, 0.05) is 0 Å². The van der Waals surface area contributed by atoms with Crippen LogP contribution in [0.2, 0.25) is 0 Å². The molecule has 0 aliphatic rings. The third kappa shape index (κ3) is 4.60. The van der Waals surface area contributed by atoms with Crippen LogP contribution in [0.5, 0.6) is 5.75 Å². The van der Waals surface area contributed by atoms with Crippen molar-refractivity contribution in [1.82, 2.24) is 0 Å². The summed E-state index contributed by atoms with van der Waals surface area (Å²) in [4.78, 5) is 12.6. The molecule has 0 aliphatic carbocycles. The Hall–Kier alpha value is -3.39. The number of aryl methyl sites for hydroxylation is 1. The molecule has 0 radical (unpaired) electrons. The number of methoxy groups -OCH3 is 1. The van der Waals surface area contributed by atoms with E-state index < -0.39 is 28.3 Å². The average Bonchev–Trinajstić information content (AvgIpc) is 2.74. The van der Waals surface area contributed by atoms with E-state index in [1.54, 1.807) is 55.5 Å². The lowest BCUT2D eigenvalue weighted by Crippen LogP contribution is -2.38. The van der Waals surface area contributed by atoms with Crippen molar-refractivity contribution in [3.8, 4) is 5.75 Å². The van der Waals surface area contributed by atoms with Crippen molar-refractivity contribution in [2.75, 3.05) is 23.3 Å². The van der Waals surface area contributed by atoms with Crippen molar-refractivity contribution in [3.05, 3.63) is 84.2 Å². The fourth-order valence-corrected chi connectivity index (χ4v) is 4.56. The second kappa shape index (κ2) is 8.96. The monoisotopic (exact) mass is 428 g/mol. The number of nitrogens with zero attached hydrogens (tertiary/aromatic N) is 1. The van der Waals surface area contributed by atoms with Gasteiger partial charge in [-0.3, -0.25) is 9.10 Å². The van der Waals surface area contributed by atoms with Crippen LogP contribution in [0.4, 0.5) is 15.8 Å². The fourth-order valence-electron chi connectivity index (χ4n) is 2.90. The molecule has 3 aromatic rings. The molecular weight excluding hydrogens is 407 g/mol. The predicted octanol–water partition coefficient (Wildman–Crippen LogP) is 3.98. The van der Waals surface area contributed by atoms with E-state index in [0.29, 0.717) is 5.69 Å². The normalized spacial score (nSPS) is 11.0. The van der Waals surface area contributed by atoms with Gasteiger partial charge < -0.3 is 10.1 Å². The third-order valence-corrected chi connectivity index (χ3v) is 6.16. The number of sulfonamides is 1. The van der Waals surface area contributed by atoms with Gasteiger partial charge in [-0.2, -0.15) is 0 Å². The molecule has 0 spiro atoms. The lowest BCUT2D eigenvalue weighted by atomic mass is 10.2. The van der Waals surface area contributed by atoms with E-state index in [4.69, 9.17) is 4.74 Å². The summed E-state index contributed by atoms with van der Waals surface area (Å²) in [5.74, 6) is -1.13. The molecule has 0 atom stereocenters. The van der Waals surface area contributed by atoms with E-state index in [1.807, 2.05) is 0 Å². The smallest absolute Gasteiger partial charge is 0.268 e. The van der Waals surface area contributed by atoms with Crippen molar-refractivity contribution < 1.29 is 22.3 Å². The Morgan fingerprint density at radius 2 is 1.70 bits per heavy atom. The molecule has 0 aliphatic heterocycles. The zero-order valence-corrected chi connectivity index (χ0v) is 17.3. The van der Waals surface area contributed by atoms with Crippen LogP contribution in [0.15, 0.2) is 77.7 Å². The highest BCUT2D eigenvalue weighted by Crippen LogP contribution is 2.30. The Kier molecular flexibility index (Phi) is 6.37. The van der Waals surface area contributed by atoms with Gasteiger partial charge in [0.05, 0.1) is 18.5 Å². The Balaban J connectivity index is 2.01. The van der Waals surface area contributed by atoms with E-state index in [2.05, 4.69) is 5.32 Å². The molecule has 1 N–H and O–H groups in total. The van der Waals surface area contributed by atoms with Crippen molar-refractivity contribution in [3.63, 3.8) is 0 Å². The molecule has 1 amide bonds. The number of halogens is 1. The van der Waals surface area contributed by atoms with Crippen LogP contribution in [0.3, 0.4) is 0 Å². The summed E-state index contributed by atoms with van der Waals surface area (Å²) in [6, 6.07) is 18.7. The van der Waals surface area contributed by atoms with E-state index in [9.17, 15) is 17.6 Å². The molecule has 0 saturated heterocycles. The average molecular weight is 428 g/mol. The SMILES string of the molecule is COc1ccc(C)cc1S(=O)(=O)N(CC(=O)Nc1ccccc1F)c1ccccc1. The second-order valence-electron chi connectivity index (χ2n) is 6.53. The van der Waals surface area contributed by atoms with Crippen LogP contribution in [0.1, 0.15) is 5.56 Å². The first kappa shape index (κ1) is 21.3. The lowest BCUT2D eigenvalue weighted by Gasteiger charge is -2.25. The predicted molar refractivity (Wildman–Crippen MR) is 114 cm³/mol. The minimum absolute atomic E-state index is 0.0268. The van der Waals surface area contributed by atoms with Gasteiger partial charge in [0.25, 0.3) is 10.0 Å². The zero-order chi connectivity index (χ0) is 21.7. The van der Waals surface area contributed by atoms with Gasteiger partial charge in [-0.05, 0) is 48.9 Å². The van der Waals surface area contributed by atoms with Gasteiger partial charge in [0.2, 0.25) is 5.91 Å². The molecule has 6 nitrogen and oxygen atoms in total. The number of rotatable bonds is 7. The van der Waals surface area contributed by atoms with Crippen molar-refractivity contribution in [1.29, 1.82) is 0 Å². The van der Waals surface area contributed by atoms with E-state index in [1.165, 1.54) is 31.4 Å². The second-order valence-corrected chi connectivity index (χ2v) is 8.36. The first-order chi connectivity index (χ1) is 14.3. The zero-order valence-electron chi connectivity index (χ0n) is 16.5. The van der Waals surface area contributed by atoms with Crippen LogP contribution in [-0.2, 0) is 14.8 Å². The molecule has 30 heavy (non-hydrogen) atoms. The number of benzene rings is 3. The van der Waals surface area contributed by atoms with Gasteiger partial charge in [0.1, 0.15) is 23.0 Å². The molecule has 0 bridgehead atoms. The fraction of sp³-hybridized carbons (Fsp3) is 0.136. The summed E-state index contributed by atoms with van der Waals surface area (Å²) in [5.41, 5.74) is 0.990. The van der Waals surface area contributed by atoms with Gasteiger partial charge in [-0.25, -0.2) is 12.8 Å². The quantitative estimate of drug-likeness (QED) is 0.618. The highest BCUT2D eigenvalue weighted by Gasteiger charge is 2.30. The summed E-state index contributed by atoms with van der Waals surface area (Å²) in [6.45, 7) is 1.22. The number of para-hydroxylation sites is 2. The number of nitrogens with one attached hydrogen (secondary N) is 1. The molecule has 8 heteroatoms. The lowest BCUT2D eigenvalue weighted by molar-refractivity contribution is -0.114.